The van der Waals surface area contributed by atoms with E-state index < -0.39 is 0 Å². The Morgan fingerprint density at radius 3 is 2.64 bits per heavy atom. The van der Waals surface area contributed by atoms with Gasteiger partial charge >= 0.3 is 27.7 Å². The summed E-state index contributed by atoms with van der Waals surface area (Å²) in [6.45, 7) is 0. The predicted octanol–water partition coefficient (Wildman–Crippen LogP) is 2.23. The number of halogens is 1. The minimum absolute atomic E-state index is 0.434. The molecule has 2 rings (SSSR count). The molecule has 1 saturated carbocycles. The summed E-state index contributed by atoms with van der Waals surface area (Å²) >= 11 is 2.22. The van der Waals surface area contributed by atoms with Gasteiger partial charge in [-0.2, -0.15) is 6.42 Å². The van der Waals surface area contributed by atoms with Gasteiger partial charge in [0.15, 0.2) is 0 Å². The predicted molar refractivity (Wildman–Crippen MR) is 40.7 cm³/mol. The Morgan fingerprint density at radius 2 is 2.36 bits per heavy atom. The normalized spacial score (nSPS) is 32.9. The van der Waals surface area contributed by atoms with E-state index in [0.29, 0.717) is 6.10 Å². The van der Waals surface area contributed by atoms with E-state index >= 15 is 0 Å². The van der Waals surface area contributed by atoms with E-state index in [9.17, 15) is 0 Å². The van der Waals surface area contributed by atoms with Crippen LogP contribution in [0.4, 0.5) is 0 Å². The first-order valence-electron chi connectivity index (χ1n) is 3.64. The summed E-state index contributed by atoms with van der Waals surface area (Å²) in [6, 6.07) is 0. The fourth-order valence-electron chi connectivity index (χ4n) is 1.83. The Labute approximate surface area is 82.5 Å². The molecule has 0 spiro atoms. The standard InChI is InChI=1S/C8H11O.ClH.Pd/c1-9-8-5-6-2-3-7(8)4-6;;/h6,8H,2,4-5H2,1H3;1H;/q-1;;+2/p-1. The third kappa shape index (κ3) is 2.06. The molecule has 0 aromatic carbocycles. The van der Waals surface area contributed by atoms with Crippen molar-refractivity contribution in [1.82, 2.24) is 0 Å². The Balaban J connectivity index is 0.000000281. The first-order valence-corrected chi connectivity index (χ1v) is 5.64. The van der Waals surface area contributed by atoms with Crippen molar-refractivity contribution in [2.75, 3.05) is 7.11 Å². The van der Waals surface area contributed by atoms with Gasteiger partial charge in [-0.15, -0.1) is 0 Å². The minimum atomic E-state index is 0.434. The zero-order valence-corrected chi connectivity index (χ0v) is 8.69. The van der Waals surface area contributed by atoms with Crippen molar-refractivity contribution in [3.63, 3.8) is 0 Å². The summed E-state index contributed by atoms with van der Waals surface area (Å²) in [5.41, 5.74) is 1.43. The van der Waals surface area contributed by atoms with Gasteiger partial charge in [-0.25, -0.2) is 5.57 Å². The zero-order chi connectivity index (χ0) is 8.27. The van der Waals surface area contributed by atoms with Crippen LogP contribution in [-0.4, -0.2) is 13.2 Å². The summed E-state index contributed by atoms with van der Waals surface area (Å²) < 4.78 is 5.25. The van der Waals surface area contributed by atoms with Crippen LogP contribution in [0.5, 0.6) is 0 Å². The number of hydrogen-bond donors (Lipinski definition) is 0. The maximum absolute atomic E-state index is 5.25. The molecule has 0 aromatic heterocycles. The molecule has 0 radical (unpaired) electrons. The van der Waals surface area contributed by atoms with Crippen LogP contribution >= 0.6 is 9.53 Å². The van der Waals surface area contributed by atoms with Crippen LogP contribution in [0.25, 0.3) is 0 Å². The maximum atomic E-state index is 5.25. The average Bonchev–Trinajstić information content (AvgIpc) is 2.67. The fourth-order valence-corrected chi connectivity index (χ4v) is 1.83. The molecule has 0 aromatic rings. The second-order valence-electron chi connectivity index (χ2n) is 2.94. The van der Waals surface area contributed by atoms with Crippen molar-refractivity contribution < 1.29 is 22.9 Å². The first kappa shape index (κ1) is 9.74. The van der Waals surface area contributed by atoms with E-state index in [0.717, 1.165) is 5.92 Å². The van der Waals surface area contributed by atoms with Crippen LogP contribution in [-0.2, 0) is 22.9 Å². The van der Waals surface area contributed by atoms with Crippen molar-refractivity contribution in [2.45, 2.75) is 25.4 Å². The average molecular weight is 265 g/mol. The Kier molecular flexibility index (Phi) is 4.09. The van der Waals surface area contributed by atoms with E-state index in [-0.39, 0.29) is 0 Å². The molecular formula is C8H11ClOPd. The second kappa shape index (κ2) is 4.62. The second-order valence-corrected chi connectivity index (χ2v) is 2.94. The Bertz CT molecular complexity index is 158. The van der Waals surface area contributed by atoms with E-state index in [2.05, 4.69) is 33.8 Å². The molecule has 2 unspecified atom stereocenters. The van der Waals surface area contributed by atoms with Gasteiger partial charge in [-0.3, -0.25) is 0 Å². The first-order chi connectivity index (χ1) is 5.40. The summed E-state index contributed by atoms with van der Waals surface area (Å²) in [5, 5.41) is 0. The van der Waals surface area contributed by atoms with Crippen LogP contribution < -0.4 is 0 Å². The van der Waals surface area contributed by atoms with Crippen LogP contribution in [0.3, 0.4) is 0 Å². The Morgan fingerprint density at radius 1 is 1.64 bits per heavy atom. The molecule has 66 valence electrons. The number of rotatable bonds is 1. The van der Waals surface area contributed by atoms with E-state index in [4.69, 9.17) is 4.74 Å². The van der Waals surface area contributed by atoms with E-state index in [1.807, 2.05) is 0 Å². The summed E-state index contributed by atoms with van der Waals surface area (Å²) in [4.78, 5) is 0. The van der Waals surface area contributed by atoms with Crippen LogP contribution in [0, 0.1) is 12.0 Å². The van der Waals surface area contributed by atoms with E-state index in [1.165, 1.54) is 24.8 Å². The molecule has 11 heavy (non-hydrogen) atoms. The van der Waals surface area contributed by atoms with Crippen LogP contribution in [0.15, 0.2) is 5.57 Å². The molecule has 0 aliphatic heterocycles. The quantitative estimate of drug-likeness (QED) is 0.522. The van der Waals surface area contributed by atoms with Crippen molar-refractivity contribution in [3.8, 4) is 0 Å². The monoisotopic (exact) mass is 264 g/mol. The van der Waals surface area contributed by atoms with Crippen molar-refractivity contribution in [3.05, 3.63) is 11.6 Å². The van der Waals surface area contributed by atoms with Gasteiger partial charge in [0.05, 0.1) is 0 Å². The van der Waals surface area contributed by atoms with Gasteiger partial charge in [0.1, 0.15) is 0 Å². The molecule has 0 heterocycles. The van der Waals surface area contributed by atoms with Gasteiger partial charge in [0.2, 0.25) is 0 Å². The van der Waals surface area contributed by atoms with Gasteiger partial charge < -0.3 is 10.8 Å². The van der Waals surface area contributed by atoms with Gasteiger partial charge in [-0.1, -0.05) is 12.3 Å². The molecule has 2 atom stereocenters. The number of hydrogen-bond acceptors (Lipinski definition) is 1. The fraction of sp³-hybridized carbons (Fsp3) is 0.750. The summed E-state index contributed by atoms with van der Waals surface area (Å²) in [6.07, 6.45) is 7.48. The summed E-state index contributed by atoms with van der Waals surface area (Å²) in [5.74, 6) is 0.880. The number of allylic oxidation sites excluding steroid dienone is 1. The number of fused-ring (bicyclic) bond motifs is 2. The molecule has 0 amide bonds. The van der Waals surface area contributed by atoms with E-state index in [1.54, 1.807) is 7.11 Å². The van der Waals surface area contributed by atoms with Gasteiger partial charge in [-0.05, 0) is 6.42 Å². The molecule has 1 nitrogen and oxygen atoms in total. The third-order valence-corrected chi connectivity index (χ3v) is 2.35. The van der Waals surface area contributed by atoms with Crippen molar-refractivity contribution in [2.24, 2.45) is 5.92 Å². The third-order valence-electron chi connectivity index (χ3n) is 2.35. The number of ether oxygens (including phenoxy) is 1. The molecule has 2 bridgehead atoms. The Hall–Kier alpha value is 0.652. The molecule has 0 N–H and O–H groups in total. The molecule has 2 aliphatic carbocycles. The SMILES string of the molecule is COC1CC2C[C-]=C1C2.[Cl][Pd+]. The zero-order valence-electron chi connectivity index (χ0n) is 6.38. The van der Waals surface area contributed by atoms with Crippen LogP contribution in [0.1, 0.15) is 19.3 Å². The molecule has 1 fully saturated rings. The van der Waals surface area contributed by atoms with Crippen LogP contribution in [0.2, 0.25) is 0 Å². The molecule has 3 heteroatoms. The van der Waals surface area contributed by atoms with Gasteiger partial charge in [0, 0.05) is 13.2 Å². The van der Waals surface area contributed by atoms with Crippen molar-refractivity contribution in [1.29, 1.82) is 0 Å². The molecular weight excluding hydrogens is 254 g/mol. The molecule has 0 saturated heterocycles. The summed E-state index contributed by atoms with van der Waals surface area (Å²) in [7, 11) is 6.28. The topological polar surface area (TPSA) is 9.23 Å². The molecule has 2 aliphatic rings. The van der Waals surface area contributed by atoms with Gasteiger partial charge in [0.25, 0.3) is 0 Å². The number of methoxy groups -OCH3 is 1. The van der Waals surface area contributed by atoms with Crippen molar-refractivity contribution >= 4 is 9.53 Å².